The first kappa shape index (κ1) is 13.6. The van der Waals surface area contributed by atoms with Crippen molar-refractivity contribution in [3.63, 3.8) is 0 Å². The molecule has 2 rings (SSSR count). The van der Waals surface area contributed by atoms with Crippen LogP contribution >= 0.6 is 45.2 Å². The van der Waals surface area contributed by atoms with Crippen LogP contribution in [0, 0.1) is 7.14 Å². The van der Waals surface area contributed by atoms with Crippen LogP contribution in [0.15, 0.2) is 48.5 Å². The van der Waals surface area contributed by atoms with Gasteiger partial charge in [-0.2, -0.15) is 0 Å². The maximum absolute atomic E-state index is 8.91. The highest BCUT2D eigenvalue weighted by Gasteiger charge is 1.89. The molecule has 0 bridgehead atoms. The first-order chi connectivity index (χ1) is 7.59. The highest BCUT2D eigenvalue weighted by atomic mass is 127. The number of halogens is 2. The Hall–Kier alpha value is -0.500. The first-order valence-electron chi connectivity index (χ1n) is 4.47. The molecule has 84 valence electrons. The number of phenols is 2. The summed E-state index contributed by atoms with van der Waals surface area (Å²) >= 11 is 4.22. The quantitative estimate of drug-likeness (QED) is 0.609. The molecule has 0 saturated carbocycles. The summed E-state index contributed by atoms with van der Waals surface area (Å²) in [6, 6.07) is 14.3. The van der Waals surface area contributed by atoms with E-state index in [4.69, 9.17) is 10.2 Å². The summed E-state index contributed by atoms with van der Waals surface area (Å²) in [6.45, 7) is 0. The van der Waals surface area contributed by atoms with Gasteiger partial charge in [0.2, 0.25) is 0 Å². The molecule has 2 aromatic carbocycles. The van der Waals surface area contributed by atoms with Gasteiger partial charge in [-0.1, -0.05) is 18.2 Å². The van der Waals surface area contributed by atoms with E-state index in [1.807, 2.05) is 24.3 Å². The minimum Gasteiger partial charge on any atom is -0.508 e. The predicted octanol–water partition coefficient (Wildman–Crippen LogP) is 3.99. The van der Waals surface area contributed by atoms with E-state index in [1.165, 1.54) is 0 Å². The molecule has 0 spiro atoms. The Morgan fingerprint density at radius 1 is 0.812 bits per heavy atom. The van der Waals surface area contributed by atoms with Crippen molar-refractivity contribution < 1.29 is 10.2 Å². The zero-order valence-corrected chi connectivity index (χ0v) is 12.6. The van der Waals surface area contributed by atoms with Crippen LogP contribution < -0.4 is 0 Å². The second-order valence-electron chi connectivity index (χ2n) is 2.93. The van der Waals surface area contributed by atoms with Crippen molar-refractivity contribution in [2.75, 3.05) is 0 Å². The standard InChI is InChI=1S/2C6H5IO/c7-5-2-1-3-6(8)4-5;7-5-3-1-2-4-6(5)8/h2*1-4,8H. The Labute approximate surface area is 122 Å². The lowest BCUT2D eigenvalue weighted by Gasteiger charge is -1.90. The second-order valence-corrected chi connectivity index (χ2v) is 5.34. The molecule has 0 saturated heterocycles. The van der Waals surface area contributed by atoms with E-state index in [-0.39, 0.29) is 0 Å². The third kappa shape index (κ3) is 5.02. The molecule has 0 amide bonds. The zero-order valence-electron chi connectivity index (χ0n) is 8.27. The van der Waals surface area contributed by atoms with E-state index in [9.17, 15) is 0 Å². The molecule has 4 heteroatoms. The number of benzene rings is 2. The third-order valence-corrected chi connectivity index (χ3v) is 3.24. The number of aromatic hydroxyl groups is 2. The molecule has 2 aromatic rings. The van der Waals surface area contributed by atoms with Crippen LogP contribution in [0.3, 0.4) is 0 Å². The zero-order chi connectivity index (χ0) is 12.0. The van der Waals surface area contributed by atoms with Gasteiger partial charge in [-0.15, -0.1) is 0 Å². The molecular formula is C12H10I2O2. The van der Waals surface area contributed by atoms with Gasteiger partial charge in [0.25, 0.3) is 0 Å². The molecule has 2 N–H and O–H groups in total. The summed E-state index contributed by atoms with van der Waals surface area (Å²) in [6.07, 6.45) is 0. The molecule has 0 heterocycles. The highest BCUT2D eigenvalue weighted by molar-refractivity contribution is 14.1. The lowest BCUT2D eigenvalue weighted by Crippen LogP contribution is -1.67. The van der Waals surface area contributed by atoms with E-state index in [1.54, 1.807) is 24.3 Å². The molecule has 0 aliphatic rings. The maximum Gasteiger partial charge on any atom is 0.128 e. The largest absolute Gasteiger partial charge is 0.508 e. The van der Waals surface area contributed by atoms with Crippen molar-refractivity contribution in [2.45, 2.75) is 0 Å². The molecule has 0 aromatic heterocycles. The van der Waals surface area contributed by atoms with Gasteiger partial charge >= 0.3 is 0 Å². The number of rotatable bonds is 0. The van der Waals surface area contributed by atoms with E-state index in [0.717, 1.165) is 7.14 Å². The lowest BCUT2D eigenvalue weighted by atomic mass is 10.3. The molecule has 2 nitrogen and oxygen atoms in total. The van der Waals surface area contributed by atoms with Crippen LogP contribution in [0.1, 0.15) is 0 Å². The molecule has 0 atom stereocenters. The van der Waals surface area contributed by atoms with Gasteiger partial charge in [0.05, 0.1) is 3.57 Å². The topological polar surface area (TPSA) is 40.5 Å². The second kappa shape index (κ2) is 6.95. The van der Waals surface area contributed by atoms with Crippen LogP contribution in [-0.4, -0.2) is 10.2 Å². The Kier molecular flexibility index (Phi) is 5.89. The lowest BCUT2D eigenvalue weighted by molar-refractivity contribution is 0.471. The third-order valence-electron chi connectivity index (χ3n) is 1.66. The Morgan fingerprint density at radius 2 is 1.50 bits per heavy atom. The average molecular weight is 440 g/mol. The minimum atomic E-state index is 0.330. The van der Waals surface area contributed by atoms with Gasteiger partial charge < -0.3 is 10.2 Å². The summed E-state index contributed by atoms with van der Waals surface area (Å²) in [5, 5.41) is 17.7. The monoisotopic (exact) mass is 440 g/mol. The summed E-state index contributed by atoms with van der Waals surface area (Å²) < 4.78 is 1.95. The SMILES string of the molecule is Oc1cccc(I)c1.Oc1ccccc1I. The van der Waals surface area contributed by atoms with Gasteiger partial charge in [0.15, 0.2) is 0 Å². The molecule has 0 aliphatic heterocycles. The van der Waals surface area contributed by atoms with Crippen molar-refractivity contribution in [1.29, 1.82) is 0 Å². The predicted molar refractivity (Wildman–Crippen MR) is 81.6 cm³/mol. The van der Waals surface area contributed by atoms with Gasteiger partial charge in [-0.3, -0.25) is 0 Å². The van der Waals surface area contributed by atoms with Crippen molar-refractivity contribution in [3.8, 4) is 11.5 Å². The summed E-state index contributed by atoms with van der Waals surface area (Å²) in [5.74, 6) is 0.685. The molecular weight excluding hydrogens is 430 g/mol. The van der Waals surface area contributed by atoms with Crippen molar-refractivity contribution in [2.24, 2.45) is 0 Å². The molecule has 0 fully saturated rings. The van der Waals surface area contributed by atoms with Crippen LogP contribution in [-0.2, 0) is 0 Å². The van der Waals surface area contributed by atoms with Gasteiger partial charge in [-0.25, -0.2) is 0 Å². The summed E-state index contributed by atoms with van der Waals surface area (Å²) in [7, 11) is 0. The summed E-state index contributed by atoms with van der Waals surface area (Å²) in [5.41, 5.74) is 0. The molecule has 0 radical (unpaired) electrons. The van der Waals surface area contributed by atoms with E-state index in [0.29, 0.717) is 11.5 Å². The fourth-order valence-corrected chi connectivity index (χ4v) is 1.84. The minimum absolute atomic E-state index is 0.330. The number of para-hydroxylation sites is 1. The normalized spacial score (nSPS) is 9.12. The van der Waals surface area contributed by atoms with Gasteiger partial charge in [0, 0.05) is 3.57 Å². The van der Waals surface area contributed by atoms with E-state index >= 15 is 0 Å². The first-order valence-corrected chi connectivity index (χ1v) is 6.63. The van der Waals surface area contributed by atoms with Crippen LogP contribution in [0.25, 0.3) is 0 Å². The van der Waals surface area contributed by atoms with Crippen LogP contribution in [0.4, 0.5) is 0 Å². The molecule has 0 unspecified atom stereocenters. The maximum atomic E-state index is 8.91. The fourth-order valence-electron chi connectivity index (χ4n) is 0.928. The smallest absolute Gasteiger partial charge is 0.128 e. The van der Waals surface area contributed by atoms with Crippen molar-refractivity contribution in [3.05, 3.63) is 55.7 Å². The molecule has 16 heavy (non-hydrogen) atoms. The van der Waals surface area contributed by atoms with Gasteiger partial charge in [0.1, 0.15) is 11.5 Å². The van der Waals surface area contributed by atoms with E-state index in [2.05, 4.69) is 45.2 Å². The van der Waals surface area contributed by atoms with Crippen LogP contribution in [0.5, 0.6) is 11.5 Å². The van der Waals surface area contributed by atoms with Crippen molar-refractivity contribution in [1.82, 2.24) is 0 Å². The Bertz CT molecular complexity index is 420. The highest BCUT2D eigenvalue weighted by Crippen LogP contribution is 2.16. The Balaban J connectivity index is 0.000000160. The average Bonchev–Trinajstić information content (AvgIpc) is 2.23. The fraction of sp³-hybridized carbons (Fsp3) is 0. The van der Waals surface area contributed by atoms with Crippen LogP contribution in [0.2, 0.25) is 0 Å². The Morgan fingerprint density at radius 3 is 1.88 bits per heavy atom. The van der Waals surface area contributed by atoms with Crippen molar-refractivity contribution >= 4 is 45.2 Å². The summed E-state index contributed by atoms with van der Waals surface area (Å²) in [4.78, 5) is 0. The number of phenolic OH excluding ortho intramolecular Hbond substituents is 2. The number of hydrogen-bond donors (Lipinski definition) is 2. The van der Waals surface area contributed by atoms with Gasteiger partial charge in [-0.05, 0) is 75.5 Å². The molecule has 0 aliphatic carbocycles. The van der Waals surface area contributed by atoms with E-state index < -0.39 is 0 Å². The number of hydrogen-bond acceptors (Lipinski definition) is 2.